The number of carbonyl (C=O) groups excluding carboxylic acids is 1. The zero-order valence-corrected chi connectivity index (χ0v) is 17.5. The molecule has 2 aromatic rings. The number of rotatable bonds is 5. The number of hydrogen-bond donors (Lipinski definition) is 0. The third kappa shape index (κ3) is 3.50. The maximum absolute atomic E-state index is 13.4. The molecule has 152 valence electrons. The number of carbonyl (C=O) groups is 1. The lowest BCUT2D eigenvalue weighted by Crippen LogP contribution is -2.45. The number of anilines is 1. The lowest BCUT2D eigenvalue weighted by atomic mass is 9.76. The van der Waals surface area contributed by atoms with Gasteiger partial charge in [0, 0.05) is 18.3 Å². The second kappa shape index (κ2) is 7.60. The summed E-state index contributed by atoms with van der Waals surface area (Å²) in [7, 11) is 0. The molecule has 1 spiro atoms. The molecule has 2 heterocycles. The standard InChI is InChI=1S/C26H32N2O/c1-2-24(22-6-4-3-5-7-22)27-17-14-26(15-18-27)16-19-28(25(26)29)23-12-10-21(11-13-23)20-8-9-20/h3-7,10-13,20,24H,2,8-9,14-19H2,1H3. The Bertz CT molecular complexity index is 848. The van der Waals surface area contributed by atoms with E-state index in [1.165, 1.54) is 24.0 Å². The molecule has 29 heavy (non-hydrogen) atoms. The number of piperidine rings is 1. The van der Waals surface area contributed by atoms with Crippen LogP contribution in [0.1, 0.15) is 68.5 Å². The van der Waals surface area contributed by atoms with E-state index in [-0.39, 0.29) is 5.41 Å². The Morgan fingerprint density at radius 2 is 1.59 bits per heavy atom. The molecule has 0 aromatic heterocycles. The van der Waals surface area contributed by atoms with Crippen LogP contribution in [-0.2, 0) is 4.79 Å². The molecule has 3 nitrogen and oxygen atoms in total. The molecule has 5 rings (SSSR count). The highest BCUT2D eigenvalue weighted by Crippen LogP contribution is 2.45. The molecule has 0 radical (unpaired) electrons. The maximum Gasteiger partial charge on any atom is 0.233 e. The summed E-state index contributed by atoms with van der Waals surface area (Å²) < 4.78 is 0. The maximum atomic E-state index is 13.4. The second-order valence-corrected chi connectivity index (χ2v) is 9.22. The fraction of sp³-hybridized carbons (Fsp3) is 0.500. The number of benzene rings is 2. The van der Waals surface area contributed by atoms with Gasteiger partial charge in [-0.05, 0) is 80.8 Å². The van der Waals surface area contributed by atoms with E-state index < -0.39 is 0 Å². The Morgan fingerprint density at radius 3 is 2.21 bits per heavy atom. The highest BCUT2D eigenvalue weighted by molar-refractivity contribution is 6.00. The fourth-order valence-electron chi connectivity index (χ4n) is 5.52. The monoisotopic (exact) mass is 388 g/mol. The minimum atomic E-state index is -0.138. The molecule has 0 N–H and O–H groups in total. The largest absolute Gasteiger partial charge is 0.312 e. The van der Waals surface area contributed by atoms with Gasteiger partial charge >= 0.3 is 0 Å². The van der Waals surface area contributed by atoms with Crippen molar-refractivity contribution in [2.45, 2.75) is 57.4 Å². The van der Waals surface area contributed by atoms with Crippen molar-refractivity contribution in [3.63, 3.8) is 0 Å². The summed E-state index contributed by atoms with van der Waals surface area (Å²) in [6.07, 6.45) is 6.75. The summed E-state index contributed by atoms with van der Waals surface area (Å²) in [6, 6.07) is 20.1. The van der Waals surface area contributed by atoms with Gasteiger partial charge in [-0.25, -0.2) is 0 Å². The van der Waals surface area contributed by atoms with Crippen LogP contribution in [0.5, 0.6) is 0 Å². The van der Waals surface area contributed by atoms with Crippen molar-refractivity contribution < 1.29 is 4.79 Å². The van der Waals surface area contributed by atoms with Gasteiger partial charge in [-0.2, -0.15) is 0 Å². The van der Waals surface area contributed by atoms with E-state index in [1.54, 1.807) is 0 Å². The molecule has 0 bridgehead atoms. The zero-order valence-electron chi connectivity index (χ0n) is 17.5. The van der Waals surface area contributed by atoms with Crippen molar-refractivity contribution in [2.24, 2.45) is 5.41 Å². The van der Waals surface area contributed by atoms with Gasteiger partial charge in [0.25, 0.3) is 0 Å². The Hall–Kier alpha value is -2.13. The van der Waals surface area contributed by atoms with Gasteiger partial charge < -0.3 is 4.90 Å². The van der Waals surface area contributed by atoms with Gasteiger partial charge in [-0.15, -0.1) is 0 Å². The number of nitrogens with zero attached hydrogens (tertiary/aromatic N) is 2. The first kappa shape index (κ1) is 18.9. The summed E-state index contributed by atoms with van der Waals surface area (Å²) in [6.45, 7) is 5.19. The lowest BCUT2D eigenvalue weighted by Gasteiger charge is -2.41. The highest BCUT2D eigenvalue weighted by Gasteiger charge is 2.49. The molecule has 3 fully saturated rings. The highest BCUT2D eigenvalue weighted by atomic mass is 16.2. The Kier molecular flexibility index (Phi) is 4.95. The van der Waals surface area contributed by atoms with Crippen molar-refractivity contribution >= 4 is 11.6 Å². The van der Waals surface area contributed by atoms with Crippen LogP contribution >= 0.6 is 0 Å². The predicted molar refractivity (Wildman–Crippen MR) is 118 cm³/mol. The molecule has 1 amide bonds. The van der Waals surface area contributed by atoms with Crippen LogP contribution in [-0.4, -0.2) is 30.4 Å². The van der Waals surface area contributed by atoms with Crippen LogP contribution in [0.2, 0.25) is 0 Å². The summed E-state index contributed by atoms with van der Waals surface area (Å²) in [5, 5.41) is 0. The minimum Gasteiger partial charge on any atom is -0.312 e. The van der Waals surface area contributed by atoms with E-state index in [2.05, 4.69) is 71.3 Å². The number of hydrogen-bond acceptors (Lipinski definition) is 2. The molecule has 1 saturated carbocycles. The average Bonchev–Trinajstić information content (AvgIpc) is 3.57. The van der Waals surface area contributed by atoms with Crippen LogP contribution in [0.15, 0.2) is 54.6 Å². The molecule has 3 heteroatoms. The average molecular weight is 389 g/mol. The van der Waals surface area contributed by atoms with Crippen LogP contribution < -0.4 is 4.90 Å². The Balaban J connectivity index is 1.26. The summed E-state index contributed by atoms with van der Waals surface area (Å²) >= 11 is 0. The van der Waals surface area contributed by atoms with Crippen molar-refractivity contribution in [3.8, 4) is 0 Å². The van der Waals surface area contributed by atoms with Crippen LogP contribution in [0, 0.1) is 5.41 Å². The summed E-state index contributed by atoms with van der Waals surface area (Å²) in [4.78, 5) is 18.1. The first-order chi connectivity index (χ1) is 14.2. The van der Waals surface area contributed by atoms with Crippen molar-refractivity contribution in [1.82, 2.24) is 4.90 Å². The van der Waals surface area contributed by atoms with Crippen molar-refractivity contribution in [1.29, 1.82) is 0 Å². The van der Waals surface area contributed by atoms with Gasteiger partial charge in [0.2, 0.25) is 5.91 Å². The third-order valence-corrected chi connectivity index (χ3v) is 7.53. The van der Waals surface area contributed by atoms with Crippen molar-refractivity contribution in [3.05, 3.63) is 65.7 Å². The smallest absolute Gasteiger partial charge is 0.233 e. The fourth-order valence-corrected chi connectivity index (χ4v) is 5.52. The topological polar surface area (TPSA) is 23.6 Å². The first-order valence-corrected chi connectivity index (χ1v) is 11.4. The summed E-state index contributed by atoms with van der Waals surface area (Å²) in [5.74, 6) is 1.13. The minimum absolute atomic E-state index is 0.138. The molecular weight excluding hydrogens is 356 g/mol. The molecule has 2 aromatic carbocycles. The molecule has 1 atom stereocenters. The number of likely N-dealkylation sites (tertiary alicyclic amines) is 1. The van der Waals surface area contributed by atoms with E-state index in [4.69, 9.17) is 0 Å². The Morgan fingerprint density at radius 1 is 0.931 bits per heavy atom. The molecule has 2 saturated heterocycles. The first-order valence-electron chi connectivity index (χ1n) is 11.4. The van der Waals surface area contributed by atoms with Crippen LogP contribution in [0.25, 0.3) is 0 Å². The predicted octanol–water partition coefficient (Wildman–Crippen LogP) is 5.53. The number of amides is 1. The molecule has 2 aliphatic heterocycles. The third-order valence-electron chi connectivity index (χ3n) is 7.53. The van der Waals surface area contributed by atoms with E-state index in [0.717, 1.165) is 56.9 Å². The summed E-state index contributed by atoms with van der Waals surface area (Å²) in [5.41, 5.74) is 3.80. The lowest BCUT2D eigenvalue weighted by molar-refractivity contribution is -0.128. The van der Waals surface area contributed by atoms with Crippen LogP contribution in [0.3, 0.4) is 0 Å². The van der Waals surface area contributed by atoms with Gasteiger partial charge in [0.15, 0.2) is 0 Å². The van der Waals surface area contributed by atoms with Gasteiger partial charge in [0.1, 0.15) is 0 Å². The van der Waals surface area contributed by atoms with Gasteiger partial charge in [-0.1, -0.05) is 49.4 Å². The zero-order chi connectivity index (χ0) is 19.8. The van der Waals surface area contributed by atoms with Crippen molar-refractivity contribution in [2.75, 3.05) is 24.5 Å². The van der Waals surface area contributed by atoms with Crippen LogP contribution in [0.4, 0.5) is 5.69 Å². The molecule has 1 aliphatic carbocycles. The molecule has 3 aliphatic rings. The van der Waals surface area contributed by atoms with E-state index in [9.17, 15) is 4.79 Å². The van der Waals surface area contributed by atoms with E-state index >= 15 is 0 Å². The molecule has 1 unspecified atom stereocenters. The van der Waals surface area contributed by atoms with Gasteiger partial charge in [0.05, 0.1) is 5.41 Å². The normalized spacial score (nSPS) is 22.9. The van der Waals surface area contributed by atoms with E-state index in [0.29, 0.717) is 11.9 Å². The second-order valence-electron chi connectivity index (χ2n) is 9.22. The van der Waals surface area contributed by atoms with Gasteiger partial charge in [-0.3, -0.25) is 9.69 Å². The van der Waals surface area contributed by atoms with E-state index in [1.807, 2.05) is 0 Å². The molecular formula is C26H32N2O. The Labute approximate surface area is 174 Å². The SMILES string of the molecule is CCC(c1ccccc1)N1CCC2(CCN(c3ccc(C4CC4)cc3)C2=O)CC1. The quantitative estimate of drug-likeness (QED) is 0.672.